The van der Waals surface area contributed by atoms with E-state index in [1.54, 1.807) is 0 Å². The topological polar surface area (TPSA) is 55.5 Å². The molecule has 0 saturated carbocycles. The van der Waals surface area contributed by atoms with Crippen molar-refractivity contribution in [2.45, 2.75) is 51.7 Å². The van der Waals surface area contributed by atoms with E-state index >= 15 is 0 Å². The molecule has 3 heteroatoms. The summed E-state index contributed by atoms with van der Waals surface area (Å²) in [5.74, 6) is 0. The summed E-state index contributed by atoms with van der Waals surface area (Å²) in [7, 11) is 0. The molecule has 0 aromatic rings. The van der Waals surface area contributed by atoms with Crippen molar-refractivity contribution in [3.63, 3.8) is 0 Å². The van der Waals surface area contributed by atoms with Gasteiger partial charge in [0.2, 0.25) is 0 Å². The Bertz CT molecular complexity index is 124. The van der Waals surface area contributed by atoms with Gasteiger partial charge in [0, 0.05) is 6.04 Å². The Kier molecular flexibility index (Phi) is 6.29. The molecule has 13 heavy (non-hydrogen) atoms. The molecule has 0 rings (SSSR count). The van der Waals surface area contributed by atoms with E-state index in [0.717, 1.165) is 19.3 Å². The molecule has 0 aromatic heterocycles. The maximum atomic E-state index is 8.71. The molecule has 0 saturated heterocycles. The van der Waals surface area contributed by atoms with E-state index in [2.05, 4.69) is 20.8 Å². The number of aliphatic hydroxyl groups is 1. The molecule has 80 valence electrons. The first-order valence-electron chi connectivity index (χ1n) is 5.17. The van der Waals surface area contributed by atoms with E-state index in [0.29, 0.717) is 6.61 Å². The third-order valence-electron chi connectivity index (χ3n) is 2.79. The van der Waals surface area contributed by atoms with E-state index in [1.165, 1.54) is 0 Å². The molecule has 0 aliphatic heterocycles. The molecular formula is C10H23NO2. The SMILES string of the molecule is CCC(N)C(CC)(CC)OCCO. The summed E-state index contributed by atoms with van der Waals surface area (Å²) in [6.07, 6.45) is 2.71. The molecule has 0 fully saturated rings. The third-order valence-corrected chi connectivity index (χ3v) is 2.79. The standard InChI is InChI=1S/C10H23NO2/c1-4-9(11)10(5-2,6-3)13-8-7-12/h9,12H,4-8,11H2,1-3H3. The number of rotatable bonds is 7. The van der Waals surface area contributed by atoms with E-state index < -0.39 is 0 Å². The summed E-state index contributed by atoms with van der Waals surface area (Å²) in [6.45, 7) is 6.67. The van der Waals surface area contributed by atoms with Gasteiger partial charge in [0.15, 0.2) is 0 Å². The lowest BCUT2D eigenvalue weighted by molar-refractivity contribution is -0.0800. The molecule has 0 aromatic carbocycles. The molecule has 0 spiro atoms. The molecule has 0 aliphatic rings. The molecule has 0 bridgehead atoms. The first-order chi connectivity index (χ1) is 6.16. The second-order valence-corrected chi connectivity index (χ2v) is 3.36. The Morgan fingerprint density at radius 2 is 1.85 bits per heavy atom. The van der Waals surface area contributed by atoms with Crippen LogP contribution in [-0.4, -0.2) is 30.0 Å². The van der Waals surface area contributed by atoms with Crippen LogP contribution < -0.4 is 5.73 Å². The fourth-order valence-electron chi connectivity index (χ4n) is 1.71. The number of nitrogens with two attached hydrogens (primary N) is 1. The van der Waals surface area contributed by atoms with Crippen molar-refractivity contribution in [1.82, 2.24) is 0 Å². The monoisotopic (exact) mass is 189 g/mol. The van der Waals surface area contributed by atoms with Gasteiger partial charge in [0.05, 0.1) is 18.8 Å². The van der Waals surface area contributed by atoms with Crippen LogP contribution >= 0.6 is 0 Å². The van der Waals surface area contributed by atoms with Gasteiger partial charge in [-0.3, -0.25) is 0 Å². The molecule has 0 heterocycles. The lowest BCUT2D eigenvalue weighted by atomic mass is 9.87. The second-order valence-electron chi connectivity index (χ2n) is 3.36. The highest BCUT2D eigenvalue weighted by Crippen LogP contribution is 2.25. The summed E-state index contributed by atoms with van der Waals surface area (Å²) < 4.78 is 5.65. The Balaban J connectivity index is 4.29. The molecule has 1 atom stereocenters. The van der Waals surface area contributed by atoms with Gasteiger partial charge >= 0.3 is 0 Å². The van der Waals surface area contributed by atoms with Crippen molar-refractivity contribution in [3.05, 3.63) is 0 Å². The quantitative estimate of drug-likeness (QED) is 0.634. The normalized spacial score (nSPS) is 14.5. The summed E-state index contributed by atoms with van der Waals surface area (Å²) in [5.41, 5.74) is 5.77. The summed E-state index contributed by atoms with van der Waals surface area (Å²) >= 11 is 0. The minimum atomic E-state index is -0.239. The van der Waals surface area contributed by atoms with E-state index in [1.807, 2.05) is 0 Å². The van der Waals surface area contributed by atoms with Crippen molar-refractivity contribution in [2.24, 2.45) is 5.73 Å². The largest absolute Gasteiger partial charge is 0.394 e. The highest BCUT2D eigenvalue weighted by Gasteiger charge is 2.32. The van der Waals surface area contributed by atoms with Crippen LogP contribution in [0.2, 0.25) is 0 Å². The van der Waals surface area contributed by atoms with Crippen molar-refractivity contribution in [2.75, 3.05) is 13.2 Å². The van der Waals surface area contributed by atoms with Crippen LogP contribution in [0.4, 0.5) is 0 Å². The van der Waals surface area contributed by atoms with Crippen LogP contribution in [0.25, 0.3) is 0 Å². The second kappa shape index (κ2) is 6.35. The molecule has 0 amide bonds. The maximum absolute atomic E-state index is 8.71. The highest BCUT2D eigenvalue weighted by atomic mass is 16.5. The first kappa shape index (κ1) is 12.9. The fraction of sp³-hybridized carbons (Fsp3) is 1.00. The van der Waals surface area contributed by atoms with E-state index in [9.17, 15) is 0 Å². The van der Waals surface area contributed by atoms with Crippen LogP contribution in [0.1, 0.15) is 40.0 Å². The molecule has 0 aliphatic carbocycles. The molecule has 0 radical (unpaired) electrons. The van der Waals surface area contributed by atoms with Gasteiger partial charge in [-0.2, -0.15) is 0 Å². The average Bonchev–Trinajstić information content (AvgIpc) is 2.19. The Morgan fingerprint density at radius 1 is 1.31 bits per heavy atom. The lowest BCUT2D eigenvalue weighted by Crippen LogP contribution is -2.49. The first-order valence-corrected chi connectivity index (χ1v) is 5.17. The van der Waals surface area contributed by atoms with Crippen molar-refractivity contribution < 1.29 is 9.84 Å². The van der Waals surface area contributed by atoms with Crippen LogP contribution in [0, 0.1) is 0 Å². The zero-order valence-corrected chi connectivity index (χ0v) is 9.05. The maximum Gasteiger partial charge on any atom is 0.0828 e. The van der Waals surface area contributed by atoms with Gasteiger partial charge in [-0.25, -0.2) is 0 Å². The van der Waals surface area contributed by atoms with Crippen molar-refractivity contribution in [3.8, 4) is 0 Å². The molecule has 1 unspecified atom stereocenters. The smallest absolute Gasteiger partial charge is 0.0828 e. The third kappa shape index (κ3) is 3.25. The van der Waals surface area contributed by atoms with Crippen LogP contribution in [0.5, 0.6) is 0 Å². The predicted molar refractivity (Wildman–Crippen MR) is 54.6 cm³/mol. The Morgan fingerprint density at radius 3 is 2.15 bits per heavy atom. The molecule has 3 nitrogen and oxygen atoms in total. The van der Waals surface area contributed by atoms with Gasteiger partial charge < -0.3 is 15.6 Å². The Labute approximate surface area is 81.3 Å². The van der Waals surface area contributed by atoms with Gasteiger partial charge in [-0.05, 0) is 19.3 Å². The zero-order valence-electron chi connectivity index (χ0n) is 9.05. The molecular weight excluding hydrogens is 166 g/mol. The van der Waals surface area contributed by atoms with Gasteiger partial charge in [0.25, 0.3) is 0 Å². The summed E-state index contributed by atoms with van der Waals surface area (Å²) in [4.78, 5) is 0. The number of hydrogen-bond donors (Lipinski definition) is 2. The summed E-state index contributed by atoms with van der Waals surface area (Å²) in [5, 5.41) is 8.71. The molecule has 3 N–H and O–H groups in total. The minimum absolute atomic E-state index is 0.0639. The van der Waals surface area contributed by atoms with E-state index in [4.69, 9.17) is 15.6 Å². The fourth-order valence-corrected chi connectivity index (χ4v) is 1.71. The van der Waals surface area contributed by atoms with Gasteiger partial charge in [-0.15, -0.1) is 0 Å². The van der Waals surface area contributed by atoms with E-state index in [-0.39, 0.29) is 18.2 Å². The number of ether oxygens (including phenoxy) is 1. The van der Waals surface area contributed by atoms with Crippen molar-refractivity contribution in [1.29, 1.82) is 0 Å². The van der Waals surface area contributed by atoms with Crippen LogP contribution in [0.3, 0.4) is 0 Å². The average molecular weight is 189 g/mol. The van der Waals surface area contributed by atoms with Crippen LogP contribution in [-0.2, 0) is 4.74 Å². The van der Waals surface area contributed by atoms with Gasteiger partial charge in [0.1, 0.15) is 0 Å². The lowest BCUT2D eigenvalue weighted by Gasteiger charge is -2.37. The zero-order chi connectivity index (χ0) is 10.3. The number of hydrogen-bond acceptors (Lipinski definition) is 3. The predicted octanol–water partition coefficient (Wildman–Crippen LogP) is 1.29. The van der Waals surface area contributed by atoms with Crippen LogP contribution in [0.15, 0.2) is 0 Å². The Hall–Kier alpha value is -0.120. The summed E-state index contributed by atoms with van der Waals surface area (Å²) in [6, 6.07) is 0.0639. The van der Waals surface area contributed by atoms with Crippen molar-refractivity contribution >= 4 is 0 Å². The highest BCUT2D eigenvalue weighted by molar-refractivity contribution is 4.88. The van der Waals surface area contributed by atoms with Gasteiger partial charge in [-0.1, -0.05) is 20.8 Å². The minimum Gasteiger partial charge on any atom is -0.394 e. The number of aliphatic hydroxyl groups excluding tert-OH is 1.